The van der Waals surface area contributed by atoms with Crippen molar-refractivity contribution in [3.8, 4) is 5.75 Å². The van der Waals surface area contributed by atoms with Gasteiger partial charge < -0.3 is 15.2 Å². The van der Waals surface area contributed by atoms with E-state index in [-0.39, 0.29) is 10.8 Å². The van der Waals surface area contributed by atoms with Crippen molar-refractivity contribution in [2.45, 2.75) is 31.6 Å². The molecule has 0 bridgehead atoms. The fourth-order valence-corrected chi connectivity index (χ4v) is 3.44. The van der Waals surface area contributed by atoms with Crippen molar-refractivity contribution in [1.82, 2.24) is 0 Å². The standard InChI is InChI=1S/C16H22BrNO2/c1-15(9-19-10-15)11-20-14-4-3-12(7-13(14)17)16(8-18)5-2-6-16/h3-4,7H,2,5-6,8-11,18H2,1H3. The molecule has 1 saturated heterocycles. The van der Waals surface area contributed by atoms with Gasteiger partial charge in [0.2, 0.25) is 0 Å². The van der Waals surface area contributed by atoms with Crippen LogP contribution in [0, 0.1) is 5.41 Å². The van der Waals surface area contributed by atoms with Crippen LogP contribution >= 0.6 is 15.9 Å². The highest BCUT2D eigenvalue weighted by Gasteiger charge is 2.38. The van der Waals surface area contributed by atoms with E-state index in [1.165, 1.54) is 24.8 Å². The molecule has 3 rings (SSSR count). The van der Waals surface area contributed by atoms with E-state index in [1.807, 2.05) is 0 Å². The Morgan fingerprint density at radius 2 is 2.10 bits per heavy atom. The second-order valence-corrected chi connectivity index (χ2v) is 7.43. The number of hydrogen-bond donors (Lipinski definition) is 1. The normalized spacial score (nSPS) is 22.8. The molecule has 3 nitrogen and oxygen atoms in total. The summed E-state index contributed by atoms with van der Waals surface area (Å²) >= 11 is 3.63. The van der Waals surface area contributed by atoms with E-state index in [0.717, 1.165) is 30.0 Å². The van der Waals surface area contributed by atoms with Gasteiger partial charge >= 0.3 is 0 Å². The Hall–Kier alpha value is -0.580. The Kier molecular flexibility index (Phi) is 3.82. The third kappa shape index (κ3) is 2.49. The molecule has 1 aliphatic heterocycles. The lowest BCUT2D eigenvalue weighted by molar-refractivity contribution is -0.120. The molecule has 0 aromatic heterocycles. The van der Waals surface area contributed by atoms with Gasteiger partial charge in [0.1, 0.15) is 5.75 Å². The first-order chi connectivity index (χ1) is 9.57. The number of ether oxygens (including phenoxy) is 2. The molecule has 110 valence electrons. The van der Waals surface area contributed by atoms with Crippen LogP contribution in [0.5, 0.6) is 5.75 Å². The van der Waals surface area contributed by atoms with Crippen LogP contribution in [0.4, 0.5) is 0 Å². The Morgan fingerprint density at radius 3 is 2.55 bits per heavy atom. The second kappa shape index (κ2) is 5.32. The van der Waals surface area contributed by atoms with Gasteiger partial charge in [-0.25, -0.2) is 0 Å². The third-order valence-corrected chi connectivity index (χ3v) is 5.34. The third-order valence-electron chi connectivity index (χ3n) is 4.72. The predicted octanol–water partition coefficient (Wildman–Crippen LogP) is 3.24. The zero-order valence-corrected chi connectivity index (χ0v) is 13.5. The SMILES string of the molecule is CC1(COc2ccc(C3(CN)CCC3)cc2Br)COC1. The molecule has 0 unspecified atom stereocenters. The van der Waals surface area contributed by atoms with Crippen molar-refractivity contribution < 1.29 is 9.47 Å². The molecule has 1 aromatic rings. The molecule has 0 spiro atoms. The maximum Gasteiger partial charge on any atom is 0.133 e. The van der Waals surface area contributed by atoms with Crippen LogP contribution in [0.25, 0.3) is 0 Å². The molecule has 4 heteroatoms. The van der Waals surface area contributed by atoms with E-state index in [9.17, 15) is 0 Å². The summed E-state index contributed by atoms with van der Waals surface area (Å²) in [7, 11) is 0. The smallest absolute Gasteiger partial charge is 0.133 e. The predicted molar refractivity (Wildman–Crippen MR) is 83.1 cm³/mol. The molecule has 1 heterocycles. The topological polar surface area (TPSA) is 44.5 Å². The van der Waals surface area contributed by atoms with Gasteiger partial charge in [0.25, 0.3) is 0 Å². The lowest BCUT2D eigenvalue weighted by Crippen LogP contribution is -2.44. The first-order valence-corrected chi connectivity index (χ1v) is 8.07. The Bertz CT molecular complexity index is 490. The van der Waals surface area contributed by atoms with Crippen LogP contribution in [0.1, 0.15) is 31.7 Å². The summed E-state index contributed by atoms with van der Waals surface area (Å²) in [5.74, 6) is 0.911. The molecule has 0 radical (unpaired) electrons. The van der Waals surface area contributed by atoms with Crippen molar-refractivity contribution in [3.05, 3.63) is 28.2 Å². The molecule has 1 saturated carbocycles. The van der Waals surface area contributed by atoms with Gasteiger partial charge in [-0.05, 0) is 46.5 Å². The summed E-state index contributed by atoms with van der Waals surface area (Å²) in [6.45, 7) is 5.20. The lowest BCUT2D eigenvalue weighted by atomic mass is 9.64. The maximum absolute atomic E-state index is 5.97. The van der Waals surface area contributed by atoms with E-state index in [1.54, 1.807) is 0 Å². The van der Waals surface area contributed by atoms with E-state index in [0.29, 0.717) is 6.61 Å². The monoisotopic (exact) mass is 339 g/mol. The largest absolute Gasteiger partial charge is 0.492 e. The summed E-state index contributed by atoms with van der Waals surface area (Å²) in [4.78, 5) is 0. The van der Waals surface area contributed by atoms with Gasteiger partial charge in [-0.2, -0.15) is 0 Å². The molecule has 0 atom stereocenters. The number of hydrogen-bond acceptors (Lipinski definition) is 3. The highest BCUT2D eigenvalue weighted by molar-refractivity contribution is 9.10. The lowest BCUT2D eigenvalue weighted by Gasteiger charge is -2.42. The fraction of sp³-hybridized carbons (Fsp3) is 0.625. The van der Waals surface area contributed by atoms with Crippen LogP contribution in [-0.2, 0) is 10.2 Å². The average molecular weight is 340 g/mol. The minimum absolute atomic E-state index is 0.171. The van der Waals surface area contributed by atoms with Crippen molar-refractivity contribution in [2.75, 3.05) is 26.4 Å². The van der Waals surface area contributed by atoms with Gasteiger partial charge in [-0.3, -0.25) is 0 Å². The summed E-state index contributed by atoms with van der Waals surface area (Å²) in [5, 5.41) is 0. The van der Waals surface area contributed by atoms with Gasteiger partial charge in [0, 0.05) is 17.4 Å². The van der Waals surface area contributed by atoms with Gasteiger partial charge in [0.05, 0.1) is 24.3 Å². The average Bonchev–Trinajstić information content (AvgIpc) is 2.35. The molecule has 2 aliphatic rings. The highest BCUT2D eigenvalue weighted by Crippen LogP contribution is 2.44. The first-order valence-electron chi connectivity index (χ1n) is 7.28. The molecular weight excluding hydrogens is 318 g/mol. The summed E-state index contributed by atoms with van der Waals surface area (Å²) in [6.07, 6.45) is 3.68. The van der Waals surface area contributed by atoms with Crippen LogP contribution in [-0.4, -0.2) is 26.4 Å². The van der Waals surface area contributed by atoms with E-state index in [4.69, 9.17) is 15.2 Å². The first kappa shape index (κ1) is 14.4. The van der Waals surface area contributed by atoms with Crippen molar-refractivity contribution in [1.29, 1.82) is 0 Å². The zero-order valence-electron chi connectivity index (χ0n) is 12.0. The highest BCUT2D eigenvalue weighted by atomic mass is 79.9. The van der Waals surface area contributed by atoms with Crippen LogP contribution in [0.15, 0.2) is 22.7 Å². The molecule has 2 N–H and O–H groups in total. The Morgan fingerprint density at radius 1 is 1.35 bits per heavy atom. The van der Waals surface area contributed by atoms with Crippen molar-refractivity contribution >= 4 is 15.9 Å². The van der Waals surface area contributed by atoms with Crippen molar-refractivity contribution in [3.63, 3.8) is 0 Å². The Balaban J connectivity index is 1.71. The minimum Gasteiger partial charge on any atom is -0.492 e. The van der Waals surface area contributed by atoms with E-state index < -0.39 is 0 Å². The molecule has 1 aliphatic carbocycles. The summed E-state index contributed by atoms with van der Waals surface area (Å²) in [5.41, 5.74) is 7.68. The fourth-order valence-electron chi connectivity index (χ4n) is 2.95. The van der Waals surface area contributed by atoms with Gasteiger partial charge in [-0.1, -0.05) is 19.4 Å². The van der Waals surface area contributed by atoms with Crippen LogP contribution in [0.3, 0.4) is 0 Å². The Labute approximate surface area is 129 Å². The second-order valence-electron chi connectivity index (χ2n) is 6.58. The summed E-state index contributed by atoms with van der Waals surface area (Å²) < 4.78 is 12.2. The molecule has 0 amide bonds. The van der Waals surface area contributed by atoms with Crippen LogP contribution < -0.4 is 10.5 Å². The number of nitrogens with two attached hydrogens (primary N) is 1. The number of halogens is 1. The van der Waals surface area contributed by atoms with Crippen LogP contribution in [0.2, 0.25) is 0 Å². The molecule has 1 aromatic carbocycles. The minimum atomic E-state index is 0.171. The zero-order chi connectivity index (χ0) is 14.2. The quantitative estimate of drug-likeness (QED) is 0.895. The molecule has 20 heavy (non-hydrogen) atoms. The van der Waals surface area contributed by atoms with Gasteiger partial charge in [0.15, 0.2) is 0 Å². The van der Waals surface area contributed by atoms with E-state index in [2.05, 4.69) is 41.1 Å². The number of rotatable bonds is 5. The van der Waals surface area contributed by atoms with E-state index >= 15 is 0 Å². The summed E-state index contributed by atoms with van der Waals surface area (Å²) in [6, 6.07) is 6.42. The molecular formula is C16H22BrNO2. The number of benzene rings is 1. The molecule has 2 fully saturated rings. The maximum atomic E-state index is 5.97. The van der Waals surface area contributed by atoms with Gasteiger partial charge in [-0.15, -0.1) is 0 Å². The van der Waals surface area contributed by atoms with Crippen molar-refractivity contribution in [2.24, 2.45) is 11.1 Å².